The molecule has 1 saturated carbocycles. The van der Waals surface area contributed by atoms with Crippen molar-refractivity contribution in [1.29, 1.82) is 0 Å². The van der Waals surface area contributed by atoms with Crippen LogP contribution in [0.4, 0.5) is 0 Å². The van der Waals surface area contributed by atoms with Gasteiger partial charge in [0.25, 0.3) is 0 Å². The second-order valence-corrected chi connectivity index (χ2v) is 12.0. The van der Waals surface area contributed by atoms with Gasteiger partial charge in [0.05, 0.1) is 11.1 Å². The van der Waals surface area contributed by atoms with Crippen LogP contribution >= 0.6 is 0 Å². The number of nitrogens with zero attached hydrogens (tertiary/aromatic N) is 1. The highest BCUT2D eigenvalue weighted by Gasteiger charge is 2.73. The maximum atomic E-state index is 6.52. The molecule has 1 N–H and O–H groups in total. The highest BCUT2D eigenvalue weighted by Crippen LogP contribution is 2.66. The van der Waals surface area contributed by atoms with Crippen LogP contribution in [0.5, 0.6) is 0 Å². The summed E-state index contributed by atoms with van der Waals surface area (Å²) in [4.78, 5) is 5.34. The second-order valence-electron chi connectivity index (χ2n) is 12.0. The zero-order chi connectivity index (χ0) is 26.8. The monoisotopic (exact) mass is 494 g/mol. The van der Waals surface area contributed by atoms with Crippen LogP contribution in [0, 0.1) is 17.3 Å². The number of rotatable bonds is 6. The van der Waals surface area contributed by atoms with Gasteiger partial charge in [0.1, 0.15) is 11.2 Å². The zero-order valence-electron chi connectivity index (χ0n) is 23.7. The largest absolute Gasteiger partial charge is 0.455 e. The number of hydrogen-bond donors (Lipinski definition) is 1. The van der Waals surface area contributed by atoms with Crippen LogP contribution in [-0.2, 0) is 6.42 Å². The number of furan rings is 1. The van der Waals surface area contributed by atoms with Crippen molar-refractivity contribution in [3.63, 3.8) is 0 Å². The van der Waals surface area contributed by atoms with Gasteiger partial charge in [0, 0.05) is 39.1 Å². The van der Waals surface area contributed by atoms with Crippen LogP contribution in [-0.4, -0.2) is 16.8 Å². The maximum absolute atomic E-state index is 6.52. The molecule has 0 bridgehead atoms. The van der Waals surface area contributed by atoms with Gasteiger partial charge in [-0.3, -0.25) is 4.99 Å². The number of benzene rings is 2. The molecule has 3 nitrogen and oxygen atoms in total. The van der Waals surface area contributed by atoms with Crippen LogP contribution in [0.25, 0.3) is 27.6 Å². The molecule has 0 radical (unpaired) electrons. The molecular formula is C34H42N2O. The Morgan fingerprint density at radius 1 is 1.16 bits per heavy atom. The average Bonchev–Trinajstić information content (AvgIpc) is 3.26. The minimum absolute atomic E-state index is 0.136. The molecule has 4 atom stereocenters. The van der Waals surface area contributed by atoms with E-state index in [1.807, 2.05) is 6.07 Å². The van der Waals surface area contributed by atoms with Gasteiger partial charge in [-0.05, 0) is 49.8 Å². The molecule has 2 aliphatic rings. The van der Waals surface area contributed by atoms with Crippen molar-refractivity contribution in [3.05, 3.63) is 78.4 Å². The Balaban J connectivity index is 1.71. The SMILES string of the molecule is C=CC1C(C)(/N=C(/C)C(=C)CC)C(C)(C)C12Cc1ccc3c(oc4ccccc43)c1/C(=C/C(C)CC)N2. The Kier molecular flexibility index (Phi) is 6.05. The molecule has 1 spiro atoms. The summed E-state index contributed by atoms with van der Waals surface area (Å²) < 4.78 is 6.52. The van der Waals surface area contributed by atoms with Crippen LogP contribution in [0.1, 0.15) is 72.4 Å². The van der Waals surface area contributed by atoms with Gasteiger partial charge in [-0.2, -0.15) is 0 Å². The fourth-order valence-corrected chi connectivity index (χ4v) is 6.97. The number of hydrogen-bond acceptors (Lipinski definition) is 3. The summed E-state index contributed by atoms with van der Waals surface area (Å²) in [5.74, 6) is 0.601. The topological polar surface area (TPSA) is 37.5 Å². The molecule has 3 aromatic rings. The van der Waals surface area contributed by atoms with Crippen molar-refractivity contribution in [2.75, 3.05) is 0 Å². The Labute approximate surface area is 222 Å². The lowest BCUT2D eigenvalue weighted by Crippen LogP contribution is -2.82. The minimum atomic E-state index is -0.285. The Bertz CT molecular complexity index is 1470. The quantitative estimate of drug-likeness (QED) is 0.274. The summed E-state index contributed by atoms with van der Waals surface area (Å²) >= 11 is 0. The van der Waals surface area contributed by atoms with Gasteiger partial charge in [-0.15, -0.1) is 6.58 Å². The first-order valence-electron chi connectivity index (χ1n) is 13.8. The number of para-hydroxylation sites is 1. The van der Waals surface area contributed by atoms with Gasteiger partial charge in [0.2, 0.25) is 0 Å². The van der Waals surface area contributed by atoms with Crippen molar-refractivity contribution in [3.8, 4) is 0 Å². The molecule has 0 saturated heterocycles. The standard InChI is InChI=1S/C34H42N2O/c1-10-21(4)19-27-30-24(17-18-26-25-15-13-14-16-28(25)37-31(26)30)20-34(36-27)29(12-3)33(9,32(34,7)8)35-23(6)22(5)11-2/h12-19,21,29,36H,3,5,10-11,20H2,1-2,4,6-9H3/b27-19-,35-23-. The molecule has 37 heavy (non-hydrogen) atoms. The van der Waals surface area contributed by atoms with Crippen molar-refractivity contribution < 1.29 is 4.42 Å². The fourth-order valence-electron chi connectivity index (χ4n) is 6.97. The van der Waals surface area contributed by atoms with E-state index in [0.717, 1.165) is 41.7 Å². The smallest absolute Gasteiger partial charge is 0.144 e. The van der Waals surface area contributed by atoms with Gasteiger partial charge in [-0.1, -0.05) is 90.1 Å². The summed E-state index contributed by atoms with van der Waals surface area (Å²) in [6, 6.07) is 12.9. The number of allylic oxidation sites excluding steroid dienone is 2. The third kappa shape index (κ3) is 3.42. The molecule has 2 heterocycles. The lowest BCUT2D eigenvalue weighted by atomic mass is 9.38. The van der Waals surface area contributed by atoms with Crippen LogP contribution < -0.4 is 5.32 Å². The molecule has 1 fully saturated rings. The first kappa shape index (κ1) is 25.6. The molecule has 2 aromatic carbocycles. The average molecular weight is 495 g/mol. The van der Waals surface area contributed by atoms with E-state index in [4.69, 9.17) is 9.41 Å². The zero-order valence-corrected chi connectivity index (χ0v) is 23.7. The lowest BCUT2D eigenvalue weighted by Gasteiger charge is -2.72. The molecule has 1 aromatic heterocycles. The van der Waals surface area contributed by atoms with E-state index < -0.39 is 0 Å². The van der Waals surface area contributed by atoms with E-state index in [1.165, 1.54) is 27.6 Å². The minimum Gasteiger partial charge on any atom is -0.455 e. The maximum Gasteiger partial charge on any atom is 0.144 e. The normalized spacial score (nSPS) is 28.7. The van der Waals surface area contributed by atoms with Crippen molar-refractivity contribution in [1.82, 2.24) is 5.32 Å². The lowest BCUT2D eigenvalue weighted by molar-refractivity contribution is -0.123. The number of nitrogens with one attached hydrogen (secondary N) is 1. The third-order valence-electron chi connectivity index (χ3n) is 9.92. The summed E-state index contributed by atoms with van der Waals surface area (Å²) in [6.45, 7) is 24.4. The molecule has 1 aliphatic carbocycles. The van der Waals surface area contributed by atoms with Crippen LogP contribution in [0.3, 0.4) is 0 Å². The van der Waals surface area contributed by atoms with Crippen molar-refractivity contribution in [2.45, 2.75) is 78.8 Å². The first-order valence-corrected chi connectivity index (χ1v) is 13.8. The van der Waals surface area contributed by atoms with Gasteiger partial charge < -0.3 is 9.73 Å². The van der Waals surface area contributed by atoms with Gasteiger partial charge in [-0.25, -0.2) is 0 Å². The van der Waals surface area contributed by atoms with E-state index in [-0.39, 0.29) is 22.4 Å². The van der Waals surface area contributed by atoms with E-state index in [9.17, 15) is 0 Å². The molecular weight excluding hydrogens is 452 g/mol. The molecule has 194 valence electrons. The summed E-state index contributed by atoms with van der Waals surface area (Å²) in [5, 5.41) is 6.48. The van der Waals surface area contributed by atoms with E-state index in [1.54, 1.807) is 0 Å². The number of fused-ring (bicyclic) bond motifs is 5. The Morgan fingerprint density at radius 2 is 1.89 bits per heavy atom. The molecule has 0 amide bonds. The molecule has 1 aliphatic heterocycles. The van der Waals surface area contributed by atoms with Crippen molar-refractivity contribution in [2.24, 2.45) is 22.2 Å². The van der Waals surface area contributed by atoms with E-state index in [0.29, 0.717) is 5.92 Å². The second kappa shape index (κ2) is 8.75. The summed E-state index contributed by atoms with van der Waals surface area (Å²) in [7, 11) is 0. The third-order valence-corrected chi connectivity index (χ3v) is 9.92. The molecule has 3 heteroatoms. The predicted molar refractivity (Wildman–Crippen MR) is 159 cm³/mol. The Hall–Kier alpha value is -3.07. The van der Waals surface area contributed by atoms with Crippen LogP contribution in [0.2, 0.25) is 0 Å². The summed E-state index contributed by atoms with van der Waals surface area (Å²) in [6.07, 6.45) is 7.44. The highest BCUT2D eigenvalue weighted by molar-refractivity contribution is 6.08. The highest BCUT2D eigenvalue weighted by atomic mass is 16.3. The summed E-state index contributed by atoms with van der Waals surface area (Å²) in [5.41, 5.74) is 7.19. The predicted octanol–water partition coefficient (Wildman–Crippen LogP) is 8.89. The molecule has 4 unspecified atom stereocenters. The van der Waals surface area contributed by atoms with Gasteiger partial charge in [0.15, 0.2) is 0 Å². The first-order chi connectivity index (χ1) is 17.5. The molecule has 5 rings (SSSR count). The van der Waals surface area contributed by atoms with Gasteiger partial charge >= 0.3 is 0 Å². The number of aliphatic imine (C=N–C) groups is 1. The fraction of sp³-hybridized carbons (Fsp3) is 0.441. The van der Waals surface area contributed by atoms with Crippen LogP contribution in [0.15, 0.2) is 76.7 Å². The van der Waals surface area contributed by atoms with E-state index >= 15 is 0 Å². The van der Waals surface area contributed by atoms with E-state index in [2.05, 4.69) is 109 Å². The van der Waals surface area contributed by atoms with Crippen molar-refractivity contribution >= 4 is 33.3 Å². The Morgan fingerprint density at radius 3 is 2.57 bits per heavy atom.